The first-order chi connectivity index (χ1) is 11.7. The molecule has 1 unspecified atom stereocenters. The summed E-state index contributed by atoms with van der Waals surface area (Å²) in [5, 5.41) is 4.07. The summed E-state index contributed by atoms with van der Waals surface area (Å²) in [6.45, 7) is 1.43. The van der Waals surface area contributed by atoms with Gasteiger partial charge in [0, 0.05) is 25.8 Å². The number of ether oxygens (including phenoxy) is 2. The first-order valence-corrected chi connectivity index (χ1v) is 7.96. The highest BCUT2D eigenvalue weighted by Gasteiger charge is 2.28. The number of rotatable bonds is 5. The zero-order chi connectivity index (χ0) is 16.9. The minimum atomic E-state index is -0.00488. The molecule has 1 atom stereocenters. The van der Waals surface area contributed by atoms with Crippen molar-refractivity contribution in [3.63, 3.8) is 0 Å². The van der Waals surface area contributed by atoms with Crippen molar-refractivity contribution in [1.82, 2.24) is 15.0 Å². The van der Waals surface area contributed by atoms with E-state index in [1.807, 2.05) is 24.3 Å². The topological polar surface area (TPSA) is 77.7 Å². The number of hydrogen-bond donors (Lipinski definition) is 0. The highest BCUT2D eigenvalue weighted by Crippen LogP contribution is 2.28. The molecule has 1 fully saturated rings. The highest BCUT2D eigenvalue weighted by atomic mass is 16.5. The van der Waals surface area contributed by atoms with Crippen molar-refractivity contribution in [2.45, 2.75) is 18.8 Å². The predicted octanol–water partition coefficient (Wildman–Crippen LogP) is 2.10. The average Bonchev–Trinajstić information content (AvgIpc) is 3.12. The molecule has 1 aliphatic heterocycles. The van der Waals surface area contributed by atoms with Gasteiger partial charge in [-0.05, 0) is 25.0 Å². The first kappa shape index (κ1) is 16.4. The van der Waals surface area contributed by atoms with E-state index >= 15 is 0 Å². The van der Waals surface area contributed by atoms with Crippen LogP contribution in [0.25, 0.3) is 11.4 Å². The molecule has 2 aromatic rings. The third kappa shape index (κ3) is 3.56. The van der Waals surface area contributed by atoms with Crippen LogP contribution in [0.4, 0.5) is 0 Å². The SMILES string of the molecule is COCC(=O)N1CCCC(c2nc(-c3cccc(OC)c3)no2)C1. The van der Waals surface area contributed by atoms with E-state index in [-0.39, 0.29) is 18.4 Å². The number of carbonyl (C=O) groups excluding carboxylic acids is 1. The van der Waals surface area contributed by atoms with E-state index in [1.54, 1.807) is 12.0 Å². The molecule has 128 valence electrons. The Morgan fingerprint density at radius 3 is 3.08 bits per heavy atom. The highest BCUT2D eigenvalue weighted by molar-refractivity contribution is 5.77. The van der Waals surface area contributed by atoms with E-state index < -0.39 is 0 Å². The van der Waals surface area contributed by atoms with Crippen LogP contribution in [-0.2, 0) is 9.53 Å². The number of nitrogens with zero attached hydrogens (tertiary/aromatic N) is 3. The number of benzene rings is 1. The van der Waals surface area contributed by atoms with Crippen molar-refractivity contribution in [3.8, 4) is 17.1 Å². The van der Waals surface area contributed by atoms with E-state index in [1.165, 1.54) is 7.11 Å². The Kier molecular flexibility index (Phi) is 5.10. The number of carbonyl (C=O) groups is 1. The minimum absolute atomic E-state index is 0.00488. The molecule has 0 radical (unpaired) electrons. The molecule has 0 bridgehead atoms. The Morgan fingerprint density at radius 1 is 1.42 bits per heavy atom. The fourth-order valence-corrected chi connectivity index (χ4v) is 2.90. The van der Waals surface area contributed by atoms with Gasteiger partial charge in [-0.2, -0.15) is 4.98 Å². The lowest BCUT2D eigenvalue weighted by molar-refractivity contribution is -0.136. The fourth-order valence-electron chi connectivity index (χ4n) is 2.90. The summed E-state index contributed by atoms with van der Waals surface area (Å²) in [7, 11) is 3.14. The standard InChI is InChI=1S/C17H21N3O4/c1-22-11-15(21)20-8-4-6-13(10-20)17-18-16(19-24-17)12-5-3-7-14(9-12)23-2/h3,5,7,9,13H,4,6,8,10-11H2,1-2H3. The van der Waals surface area contributed by atoms with Crippen LogP contribution >= 0.6 is 0 Å². The molecule has 24 heavy (non-hydrogen) atoms. The number of methoxy groups -OCH3 is 2. The van der Waals surface area contributed by atoms with E-state index in [9.17, 15) is 4.79 Å². The summed E-state index contributed by atoms with van der Waals surface area (Å²) in [4.78, 5) is 18.3. The Hall–Kier alpha value is -2.41. The zero-order valence-corrected chi connectivity index (χ0v) is 13.9. The fraction of sp³-hybridized carbons (Fsp3) is 0.471. The molecule has 1 aromatic heterocycles. The summed E-state index contributed by atoms with van der Waals surface area (Å²) in [5.41, 5.74) is 0.840. The Bertz CT molecular complexity index is 701. The van der Waals surface area contributed by atoms with Crippen LogP contribution in [0, 0.1) is 0 Å². The lowest BCUT2D eigenvalue weighted by Gasteiger charge is -2.30. The number of amides is 1. The molecular weight excluding hydrogens is 310 g/mol. The van der Waals surface area contributed by atoms with Gasteiger partial charge in [-0.15, -0.1) is 0 Å². The molecule has 7 heteroatoms. The van der Waals surface area contributed by atoms with Crippen LogP contribution in [0.1, 0.15) is 24.7 Å². The van der Waals surface area contributed by atoms with Crippen molar-refractivity contribution >= 4 is 5.91 Å². The average molecular weight is 331 g/mol. The largest absolute Gasteiger partial charge is 0.497 e. The molecule has 0 saturated carbocycles. The molecule has 2 heterocycles. The Balaban J connectivity index is 1.74. The van der Waals surface area contributed by atoms with E-state index in [0.29, 0.717) is 18.3 Å². The van der Waals surface area contributed by atoms with Gasteiger partial charge >= 0.3 is 0 Å². The Labute approximate surface area is 140 Å². The third-order valence-corrected chi connectivity index (χ3v) is 4.16. The van der Waals surface area contributed by atoms with Gasteiger partial charge < -0.3 is 18.9 Å². The van der Waals surface area contributed by atoms with Crippen LogP contribution in [0.15, 0.2) is 28.8 Å². The molecule has 1 amide bonds. The zero-order valence-electron chi connectivity index (χ0n) is 13.9. The lowest BCUT2D eigenvalue weighted by Crippen LogP contribution is -2.40. The van der Waals surface area contributed by atoms with Gasteiger partial charge in [0.1, 0.15) is 12.4 Å². The summed E-state index contributed by atoms with van der Waals surface area (Å²) in [6, 6.07) is 7.53. The summed E-state index contributed by atoms with van der Waals surface area (Å²) >= 11 is 0. The van der Waals surface area contributed by atoms with E-state index in [2.05, 4.69) is 10.1 Å². The normalized spacial score (nSPS) is 17.8. The molecular formula is C17H21N3O4. The van der Waals surface area contributed by atoms with Gasteiger partial charge in [-0.25, -0.2) is 0 Å². The Morgan fingerprint density at radius 2 is 2.29 bits per heavy atom. The quantitative estimate of drug-likeness (QED) is 0.835. The predicted molar refractivity (Wildman–Crippen MR) is 86.7 cm³/mol. The van der Waals surface area contributed by atoms with Gasteiger partial charge in [0.25, 0.3) is 0 Å². The van der Waals surface area contributed by atoms with Crippen LogP contribution in [-0.4, -0.2) is 54.9 Å². The maximum absolute atomic E-state index is 12.0. The maximum atomic E-state index is 12.0. The van der Waals surface area contributed by atoms with Crippen LogP contribution < -0.4 is 4.74 Å². The number of likely N-dealkylation sites (tertiary alicyclic amines) is 1. The summed E-state index contributed by atoms with van der Waals surface area (Å²) < 4.78 is 15.6. The molecule has 1 aliphatic rings. The van der Waals surface area contributed by atoms with Gasteiger partial charge in [-0.1, -0.05) is 17.3 Å². The van der Waals surface area contributed by atoms with Crippen LogP contribution in [0.2, 0.25) is 0 Å². The molecule has 1 saturated heterocycles. The van der Waals surface area contributed by atoms with Gasteiger partial charge in [0.05, 0.1) is 13.0 Å². The number of piperidine rings is 1. The van der Waals surface area contributed by atoms with Gasteiger partial charge in [0.15, 0.2) is 0 Å². The van der Waals surface area contributed by atoms with Crippen molar-refractivity contribution < 1.29 is 18.8 Å². The smallest absolute Gasteiger partial charge is 0.248 e. The molecule has 1 aromatic carbocycles. The minimum Gasteiger partial charge on any atom is -0.497 e. The number of hydrogen-bond acceptors (Lipinski definition) is 6. The third-order valence-electron chi connectivity index (χ3n) is 4.16. The van der Waals surface area contributed by atoms with Gasteiger partial charge in [0.2, 0.25) is 17.6 Å². The van der Waals surface area contributed by atoms with Gasteiger partial charge in [-0.3, -0.25) is 4.79 Å². The van der Waals surface area contributed by atoms with Crippen LogP contribution in [0.3, 0.4) is 0 Å². The van der Waals surface area contributed by atoms with E-state index in [4.69, 9.17) is 14.0 Å². The number of aromatic nitrogens is 2. The monoisotopic (exact) mass is 331 g/mol. The summed E-state index contributed by atoms with van der Waals surface area (Å²) in [6.07, 6.45) is 1.84. The summed E-state index contributed by atoms with van der Waals surface area (Å²) in [5.74, 6) is 1.90. The van der Waals surface area contributed by atoms with Crippen molar-refractivity contribution in [2.24, 2.45) is 0 Å². The second-order valence-electron chi connectivity index (χ2n) is 5.80. The van der Waals surface area contributed by atoms with E-state index in [0.717, 1.165) is 30.7 Å². The molecule has 0 N–H and O–H groups in total. The molecule has 3 rings (SSSR count). The van der Waals surface area contributed by atoms with Crippen molar-refractivity contribution in [1.29, 1.82) is 0 Å². The second-order valence-corrected chi connectivity index (χ2v) is 5.80. The first-order valence-electron chi connectivity index (χ1n) is 7.96. The maximum Gasteiger partial charge on any atom is 0.248 e. The van der Waals surface area contributed by atoms with Crippen molar-refractivity contribution in [3.05, 3.63) is 30.2 Å². The van der Waals surface area contributed by atoms with Crippen LogP contribution in [0.5, 0.6) is 5.75 Å². The molecule has 0 aliphatic carbocycles. The van der Waals surface area contributed by atoms with Crippen molar-refractivity contribution in [2.75, 3.05) is 33.9 Å². The molecule has 7 nitrogen and oxygen atoms in total. The second kappa shape index (κ2) is 7.44. The molecule has 0 spiro atoms. The lowest BCUT2D eigenvalue weighted by atomic mass is 9.98.